The van der Waals surface area contributed by atoms with Crippen molar-refractivity contribution in [1.29, 1.82) is 0 Å². The third-order valence-corrected chi connectivity index (χ3v) is 3.77. The predicted octanol–water partition coefficient (Wildman–Crippen LogP) is 6.50. The van der Waals surface area contributed by atoms with E-state index >= 15 is 0 Å². The first-order valence-electron chi connectivity index (χ1n) is 9.88. The van der Waals surface area contributed by atoms with Gasteiger partial charge in [-0.1, -0.05) is 41.5 Å². The summed E-state index contributed by atoms with van der Waals surface area (Å²) in [7, 11) is 0. The first-order chi connectivity index (χ1) is 12.2. The first kappa shape index (κ1) is 24.2. The lowest BCUT2D eigenvalue weighted by Gasteiger charge is -2.29. The van der Waals surface area contributed by atoms with Gasteiger partial charge in [-0.3, -0.25) is 9.59 Å². The van der Waals surface area contributed by atoms with Crippen LogP contribution in [0.5, 0.6) is 11.5 Å². The third kappa shape index (κ3) is 6.65. The number of Topliss-reactive ketones (excluding diaryl/α,β-unsaturated/α-hetero) is 2. The highest BCUT2D eigenvalue weighted by Gasteiger charge is 2.33. The van der Waals surface area contributed by atoms with Gasteiger partial charge in [-0.25, -0.2) is 0 Å². The molecule has 1 aromatic rings. The Labute approximate surface area is 171 Å². The fourth-order valence-electron chi connectivity index (χ4n) is 2.55. The van der Waals surface area contributed by atoms with Crippen LogP contribution in [0.2, 0.25) is 0 Å². The Morgan fingerprint density at radius 2 is 0.821 bits per heavy atom. The molecule has 1 rings (SSSR count). The molecule has 0 aromatic heterocycles. The number of hydrogen-bond donors (Lipinski definition) is 0. The molecule has 0 unspecified atom stereocenters. The third-order valence-electron chi connectivity index (χ3n) is 3.77. The molecule has 1 aromatic carbocycles. The quantitative estimate of drug-likeness (QED) is 0.551. The monoisotopic (exact) mass is 390 g/mol. The molecule has 28 heavy (non-hydrogen) atoms. The first-order valence-corrected chi connectivity index (χ1v) is 9.88. The molecule has 0 saturated heterocycles. The largest absolute Gasteiger partial charge is 0.487 e. The van der Waals surface area contributed by atoms with Gasteiger partial charge in [0, 0.05) is 10.8 Å². The lowest BCUT2D eigenvalue weighted by molar-refractivity contribution is 0.0812. The van der Waals surface area contributed by atoms with E-state index in [2.05, 4.69) is 0 Å². The van der Waals surface area contributed by atoms with Gasteiger partial charge in [0.2, 0.25) is 0 Å². The minimum atomic E-state index is -0.593. The van der Waals surface area contributed by atoms with Crippen molar-refractivity contribution in [2.45, 2.75) is 94.3 Å². The topological polar surface area (TPSA) is 52.6 Å². The second-order valence-electron chi connectivity index (χ2n) is 11.4. The molecule has 4 heteroatoms. The van der Waals surface area contributed by atoms with E-state index in [0.29, 0.717) is 22.6 Å². The number of rotatable bonds is 4. The Balaban J connectivity index is 3.82. The van der Waals surface area contributed by atoms with Crippen LogP contribution in [0.25, 0.3) is 0 Å². The molecule has 0 fully saturated rings. The summed E-state index contributed by atoms with van der Waals surface area (Å²) in [5.74, 6) is 0.725. The van der Waals surface area contributed by atoms with Crippen molar-refractivity contribution in [1.82, 2.24) is 0 Å². The molecule has 0 atom stereocenters. The molecule has 0 aliphatic heterocycles. The number of carbonyl (C=O) groups is 2. The molecule has 0 amide bonds. The molecule has 0 aliphatic carbocycles. The van der Waals surface area contributed by atoms with Gasteiger partial charge in [0.15, 0.2) is 11.6 Å². The number of ether oxygens (including phenoxy) is 2. The highest BCUT2D eigenvalue weighted by Crippen LogP contribution is 2.38. The Bertz CT molecular complexity index is 679. The van der Waals surface area contributed by atoms with Crippen LogP contribution in [-0.4, -0.2) is 22.8 Å². The predicted molar refractivity (Wildman–Crippen MR) is 115 cm³/mol. The van der Waals surface area contributed by atoms with Gasteiger partial charge in [0.25, 0.3) is 0 Å². The molecular formula is C24H38O4. The lowest BCUT2D eigenvalue weighted by Crippen LogP contribution is -2.29. The Kier molecular flexibility index (Phi) is 6.51. The summed E-state index contributed by atoms with van der Waals surface area (Å²) >= 11 is 0. The minimum Gasteiger partial charge on any atom is -0.487 e. The number of hydrogen-bond acceptors (Lipinski definition) is 4. The van der Waals surface area contributed by atoms with Crippen LogP contribution in [0.3, 0.4) is 0 Å². The van der Waals surface area contributed by atoms with Crippen molar-refractivity contribution >= 4 is 11.6 Å². The summed E-state index contributed by atoms with van der Waals surface area (Å²) in [6, 6.07) is 3.36. The van der Waals surface area contributed by atoms with Crippen molar-refractivity contribution in [2.24, 2.45) is 10.8 Å². The lowest BCUT2D eigenvalue weighted by atomic mass is 9.82. The summed E-state index contributed by atoms with van der Waals surface area (Å²) < 4.78 is 12.2. The molecule has 0 saturated carbocycles. The van der Waals surface area contributed by atoms with E-state index in [1.807, 2.05) is 83.1 Å². The van der Waals surface area contributed by atoms with E-state index in [1.54, 1.807) is 12.1 Å². The van der Waals surface area contributed by atoms with Crippen LogP contribution >= 0.6 is 0 Å². The molecule has 0 aliphatic rings. The molecule has 0 spiro atoms. The van der Waals surface area contributed by atoms with Gasteiger partial charge >= 0.3 is 0 Å². The van der Waals surface area contributed by atoms with E-state index in [4.69, 9.17) is 9.47 Å². The van der Waals surface area contributed by atoms with E-state index in [-0.39, 0.29) is 11.6 Å². The van der Waals surface area contributed by atoms with Crippen molar-refractivity contribution in [3.8, 4) is 11.5 Å². The van der Waals surface area contributed by atoms with Crippen LogP contribution < -0.4 is 9.47 Å². The van der Waals surface area contributed by atoms with Crippen LogP contribution in [-0.2, 0) is 0 Å². The maximum absolute atomic E-state index is 13.1. The average molecular weight is 391 g/mol. The summed E-state index contributed by atoms with van der Waals surface area (Å²) in [6.07, 6.45) is 0. The van der Waals surface area contributed by atoms with Gasteiger partial charge in [0.1, 0.15) is 22.7 Å². The van der Waals surface area contributed by atoms with Crippen molar-refractivity contribution in [2.75, 3.05) is 0 Å². The second-order valence-corrected chi connectivity index (χ2v) is 11.4. The van der Waals surface area contributed by atoms with Crippen LogP contribution in [0.4, 0.5) is 0 Å². The van der Waals surface area contributed by atoms with Gasteiger partial charge < -0.3 is 9.47 Å². The molecule has 0 N–H and O–H groups in total. The highest BCUT2D eigenvalue weighted by molar-refractivity contribution is 6.07. The fourth-order valence-corrected chi connectivity index (χ4v) is 2.55. The molecule has 0 radical (unpaired) electrons. The van der Waals surface area contributed by atoms with Gasteiger partial charge in [0.05, 0.1) is 11.1 Å². The average Bonchev–Trinajstić information content (AvgIpc) is 2.41. The molecule has 4 nitrogen and oxygen atoms in total. The normalized spacial score (nSPS) is 13.3. The summed E-state index contributed by atoms with van der Waals surface area (Å²) in [5, 5.41) is 0. The zero-order chi connectivity index (χ0) is 22.3. The van der Waals surface area contributed by atoms with Crippen LogP contribution in [0, 0.1) is 10.8 Å². The van der Waals surface area contributed by atoms with Crippen LogP contribution in [0.15, 0.2) is 12.1 Å². The Hall–Kier alpha value is -1.84. The summed E-state index contributed by atoms with van der Waals surface area (Å²) in [4.78, 5) is 26.3. The summed E-state index contributed by atoms with van der Waals surface area (Å²) in [6.45, 7) is 22.7. The minimum absolute atomic E-state index is 0.0553. The van der Waals surface area contributed by atoms with Gasteiger partial charge in [-0.15, -0.1) is 0 Å². The maximum atomic E-state index is 13.1. The molecular weight excluding hydrogens is 352 g/mol. The maximum Gasteiger partial charge on any atom is 0.172 e. The smallest absolute Gasteiger partial charge is 0.172 e. The van der Waals surface area contributed by atoms with Crippen molar-refractivity contribution in [3.05, 3.63) is 23.3 Å². The standard InChI is InChI=1S/C24H38O4/c1-21(2,3)19(25)15-13-18(28-24(10,11)12)16(20(26)22(4,5)6)14-17(15)27-23(7,8)9/h13-14H,1-12H3. The zero-order valence-electron chi connectivity index (χ0n) is 19.8. The number of ketones is 2. The number of carbonyl (C=O) groups excluding carboxylic acids is 2. The summed E-state index contributed by atoms with van der Waals surface area (Å²) in [5.41, 5.74) is -1.34. The van der Waals surface area contributed by atoms with Gasteiger partial charge in [-0.2, -0.15) is 0 Å². The Morgan fingerprint density at radius 1 is 0.571 bits per heavy atom. The second kappa shape index (κ2) is 7.53. The highest BCUT2D eigenvalue weighted by atomic mass is 16.5. The van der Waals surface area contributed by atoms with E-state index in [0.717, 1.165) is 0 Å². The Morgan fingerprint density at radius 3 is 1.00 bits per heavy atom. The van der Waals surface area contributed by atoms with Crippen molar-refractivity contribution in [3.63, 3.8) is 0 Å². The SMILES string of the molecule is CC(C)(C)Oc1cc(C(=O)C(C)(C)C)c(OC(C)(C)C)cc1C(=O)C(C)(C)C. The number of benzene rings is 1. The van der Waals surface area contributed by atoms with E-state index in [1.165, 1.54) is 0 Å². The fraction of sp³-hybridized carbons (Fsp3) is 0.667. The molecule has 0 heterocycles. The van der Waals surface area contributed by atoms with Crippen LogP contribution in [0.1, 0.15) is 104 Å². The van der Waals surface area contributed by atoms with Gasteiger partial charge in [-0.05, 0) is 53.7 Å². The van der Waals surface area contributed by atoms with Crippen molar-refractivity contribution < 1.29 is 19.1 Å². The molecule has 158 valence electrons. The van der Waals surface area contributed by atoms with E-state index in [9.17, 15) is 9.59 Å². The zero-order valence-corrected chi connectivity index (χ0v) is 19.8. The van der Waals surface area contributed by atoms with E-state index < -0.39 is 22.0 Å². The molecule has 0 bridgehead atoms.